The third-order valence-corrected chi connectivity index (χ3v) is 3.17. The molecule has 22 heavy (non-hydrogen) atoms. The van der Waals surface area contributed by atoms with Gasteiger partial charge in [-0.1, -0.05) is 42.5 Å². The maximum Gasteiger partial charge on any atom is 0.156 e. The molecule has 2 aromatic carbocycles. The van der Waals surface area contributed by atoms with Gasteiger partial charge in [-0.3, -0.25) is 4.79 Å². The van der Waals surface area contributed by atoms with Gasteiger partial charge in [0.2, 0.25) is 0 Å². The highest BCUT2D eigenvalue weighted by atomic mass is 16.3. The second-order valence-electron chi connectivity index (χ2n) is 4.94. The van der Waals surface area contributed by atoms with E-state index in [1.165, 1.54) is 0 Å². The molecule has 0 spiro atoms. The van der Waals surface area contributed by atoms with E-state index in [9.17, 15) is 15.0 Å². The second kappa shape index (κ2) is 7.84. The molecular weight excluding hydrogens is 276 g/mol. The van der Waals surface area contributed by atoms with Crippen LogP contribution in [0.5, 0.6) is 11.5 Å². The van der Waals surface area contributed by atoms with Gasteiger partial charge in [-0.25, -0.2) is 0 Å². The van der Waals surface area contributed by atoms with Crippen molar-refractivity contribution in [2.45, 2.75) is 12.8 Å². The van der Waals surface area contributed by atoms with E-state index < -0.39 is 0 Å². The van der Waals surface area contributed by atoms with Crippen molar-refractivity contribution >= 4 is 11.9 Å². The Balaban J connectivity index is 1.78. The number of hydrogen-bond donors (Lipinski definition) is 2. The standard InChI is InChI=1S/C19H18O3/c20-17(10-7-16-8-13-19(22)14-9-16)4-2-1-3-15-5-11-18(21)12-6-15/h1-6,8-9,11-14,21-22H,7,10H2/b3-1+,4-2+. The van der Waals surface area contributed by atoms with Crippen LogP contribution in [0.25, 0.3) is 6.08 Å². The fourth-order valence-electron chi connectivity index (χ4n) is 1.93. The van der Waals surface area contributed by atoms with Crippen molar-refractivity contribution in [2.75, 3.05) is 0 Å². The van der Waals surface area contributed by atoms with Crippen LogP contribution in [0, 0.1) is 0 Å². The lowest BCUT2D eigenvalue weighted by Crippen LogP contribution is -1.95. The van der Waals surface area contributed by atoms with Crippen LogP contribution in [-0.4, -0.2) is 16.0 Å². The van der Waals surface area contributed by atoms with Gasteiger partial charge in [-0.2, -0.15) is 0 Å². The van der Waals surface area contributed by atoms with Gasteiger partial charge in [0.15, 0.2) is 5.78 Å². The molecule has 0 aliphatic carbocycles. The molecule has 0 amide bonds. The van der Waals surface area contributed by atoms with Crippen molar-refractivity contribution in [1.29, 1.82) is 0 Å². The first-order chi connectivity index (χ1) is 10.6. The number of hydrogen-bond acceptors (Lipinski definition) is 3. The van der Waals surface area contributed by atoms with Crippen LogP contribution in [0.15, 0.2) is 66.8 Å². The minimum atomic E-state index is 0.0587. The van der Waals surface area contributed by atoms with Crippen LogP contribution in [0.3, 0.4) is 0 Å². The molecule has 2 rings (SSSR count). The number of aryl methyl sites for hydroxylation is 1. The smallest absolute Gasteiger partial charge is 0.156 e. The Kier molecular flexibility index (Phi) is 5.55. The van der Waals surface area contributed by atoms with E-state index in [1.54, 1.807) is 54.6 Å². The van der Waals surface area contributed by atoms with Crippen LogP contribution in [0.1, 0.15) is 17.5 Å². The number of aromatic hydroxyl groups is 2. The van der Waals surface area contributed by atoms with Crippen molar-refractivity contribution < 1.29 is 15.0 Å². The van der Waals surface area contributed by atoms with E-state index in [0.29, 0.717) is 12.8 Å². The predicted molar refractivity (Wildman–Crippen MR) is 87.7 cm³/mol. The summed E-state index contributed by atoms with van der Waals surface area (Å²) in [4.78, 5) is 11.7. The zero-order valence-corrected chi connectivity index (χ0v) is 12.1. The van der Waals surface area contributed by atoms with E-state index in [-0.39, 0.29) is 17.3 Å². The van der Waals surface area contributed by atoms with E-state index in [1.807, 2.05) is 18.2 Å². The highest BCUT2D eigenvalue weighted by molar-refractivity contribution is 5.90. The van der Waals surface area contributed by atoms with E-state index in [2.05, 4.69) is 0 Å². The van der Waals surface area contributed by atoms with Gasteiger partial charge in [0, 0.05) is 6.42 Å². The van der Waals surface area contributed by atoms with Crippen LogP contribution in [0.4, 0.5) is 0 Å². The normalized spacial score (nSPS) is 11.3. The van der Waals surface area contributed by atoms with Gasteiger partial charge in [-0.15, -0.1) is 0 Å². The fraction of sp³-hybridized carbons (Fsp3) is 0.105. The lowest BCUT2D eigenvalue weighted by molar-refractivity contribution is -0.114. The van der Waals surface area contributed by atoms with E-state index >= 15 is 0 Å². The van der Waals surface area contributed by atoms with Gasteiger partial charge in [0.1, 0.15) is 11.5 Å². The average molecular weight is 294 g/mol. The molecule has 0 atom stereocenters. The summed E-state index contributed by atoms with van der Waals surface area (Å²) in [6.45, 7) is 0. The van der Waals surface area contributed by atoms with Crippen molar-refractivity contribution in [2.24, 2.45) is 0 Å². The van der Waals surface area contributed by atoms with Gasteiger partial charge < -0.3 is 10.2 Å². The lowest BCUT2D eigenvalue weighted by Gasteiger charge is -1.99. The van der Waals surface area contributed by atoms with Crippen molar-refractivity contribution in [3.05, 3.63) is 77.9 Å². The molecular formula is C19H18O3. The monoisotopic (exact) mass is 294 g/mol. The summed E-state index contributed by atoms with van der Waals surface area (Å²) in [6.07, 6.45) is 8.02. The van der Waals surface area contributed by atoms with Gasteiger partial charge in [-0.05, 0) is 47.9 Å². The van der Waals surface area contributed by atoms with Gasteiger partial charge in [0.05, 0.1) is 0 Å². The Morgan fingerprint density at radius 3 is 2.09 bits per heavy atom. The van der Waals surface area contributed by atoms with Gasteiger partial charge in [0.25, 0.3) is 0 Å². The Bertz CT molecular complexity index is 665. The Morgan fingerprint density at radius 1 is 0.864 bits per heavy atom. The molecule has 0 saturated carbocycles. The Labute approximate surface area is 129 Å². The molecule has 0 bridgehead atoms. The number of rotatable bonds is 6. The maximum atomic E-state index is 11.7. The SMILES string of the molecule is O=C(/C=C/C=C/c1ccc(O)cc1)CCc1ccc(O)cc1. The van der Waals surface area contributed by atoms with Crippen LogP contribution < -0.4 is 0 Å². The fourth-order valence-corrected chi connectivity index (χ4v) is 1.93. The first kappa shape index (κ1) is 15.6. The predicted octanol–water partition coefficient (Wildman–Crippen LogP) is 3.87. The molecule has 2 N–H and O–H groups in total. The largest absolute Gasteiger partial charge is 0.508 e. The summed E-state index contributed by atoms with van der Waals surface area (Å²) in [5, 5.41) is 18.4. The summed E-state index contributed by atoms with van der Waals surface area (Å²) >= 11 is 0. The Morgan fingerprint density at radius 2 is 1.45 bits per heavy atom. The first-order valence-electron chi connectivity index (χ1n) is 7.08. The van der Waals surface area contributed by atoms with Crippen molar-refractivity contribution in [3.8, 4) is 11.5 Å². The molecule has 0 heterocycles. The number of allylic oxidation sites excluding steroid dienone is 3. The first-order valence-corrected chi connectivity index (χ1v) is 7.08. The minimum Gasteiger partial charge on any atom is -0.508 e. The number of phenols is 2. The average Bonchev–Trinajstić information content (AvgIpc) is 2.53. The molecule has 0 saturated heterocycles. The van der Waals surface area contributed by atoms with Crippen LogP contribution >= 0.6 is 0 Å². The van der Waals surface area contributed by atoms with Crippen molar-refractivity contribution in [3.63, 3.8) is 0 Å². The topological polar surface area (TPSA) is 57.5 Å². The third kappa shape index (κ3) is 5.29. The lowest BCUT2D eigenvalue weighted by atomic mass is 10.1. The number of carbonyl (C=O) groups is 1. The molecule has 0 aliphatic rings. The van der Waals surface area contributed by atoms with Crippen LogP contribution in [-0.2, 0) is 11.2 Å². The summed E-state index contributed by atoms with van der Waals surface area (Å²) in [5.74, 6) is 0.523. The van der Waals surface area contributed by atoms with Gasteiger partial charge >= 0.3 is 0 Å². The summed E-state index contributed by atoms with van der Waals surface area (Å²) in [7, 11) is 0. The summed E-state index contributed by atoms with van der Waals surface area (Å²) < 4.78 is 0. The third-order valence-electron chi connectivity index (χ3n) is 3.17. The molecule has 112 valence electrons. The number of phenolic OH excluding ortho intramolecular Hbond substituents is 2. The summed E-state index contributed by atoms with van der Waals surface area (Å²) in [6, 6.07) is 13.7. The number of benzene rings is 2. The zero-order valence-electron chi connectivity index (χ0n) is 12.1. The second-order valence-corrected chi connectivity index (χ2v) is 4.94. The molecule has 0 aliphatic heterocycles. The molecule has 3 nitrogen and oxygen atoms in total. The number of carbonyl (C=O) groups excluding carboxylic acids is 1. The maximum absolute atomic E-state index is 11.7. The molecule has 0 aromatic heterocycles. The van der Waals surface area contributed by atoms with E-state index in [0.717, 1.165) is 11.1 Å². The summed E-state index contributed by atoms with van der Waals surface area (Å²) in [5.41, 5.74) is 1.98. The van der Waals surface area contributed by atoms with E-state index in [4.69, 9.17) is 0 Å². The highest BCUT2D eigenvalue weighted by Gasteiger charge is 1.98. The van der Waals surface area contributed by atoms with Crippen molar-refractivity contribution in [1.82, 2.24) is 0 Å². The molecule has 0 unspecified atom stereocenters. The molecule has 3 heteroatoms. The molecule has 0 fully saturated rings. The molecule has 2 aromatic rings. The highest BCUT2D eigenvalue weighted by Crippen LogP contribution is 2.12. The minimum absolute atomic E-state index is 0.0587. The molecule has 0 radical (unpaired) electrons. The Hall–Kier alpha value is -2.81. The quantitative estimate of drug-likeness (QED) is 0.628. The van der Waals surface area contributed by atoms with Crippen LogP contribution in [0.2, 0.25) is 0 Å². The zero-order chi connectivity index (χ0) is 15.8. The number of ketones is 1.